The summed E-state index contributed by atoms with van der Waals surface area (Å²) in [4.78, 5) is 21.1. The molecule has 21 heavy (non-hydrogen) atoms. The van der Waals surface area contributed by atoms with Crippen LogP contribution in [0.3, 0.4) is 0 Å². The molecule has 0 amide bonds. The summed E-state index contributed by atoms with van der Waals surface area (Å²) < 4.78 is 10.8. The molecular weight excluding hydrogens is 274 g/mol. The summed E-state index contributed by atoms with van der Waals surface area (Å²) in [6.45, 7) is 10.5. The maximum absolute atomic E-state index is 11.4. The fourth-order valence-corrected chi connectivity index (χ4v) is 1.09. The predicted octanol–water partition coefficient (Wildman–Crippen LogP) is 1.90. The first-order valence-electron chi connectivity index (χ1n) is 6.50. The molecule has 0 aromatic carbocycles. The number of aromatic nitrogens is 1. The second-order valence-electron chi connectivity index (χ2n) is 6.23. The minimum atomic E-state index is -1.47. The molecule has 1 rings (SSSR count). The van der Waals surface area contributed by atoms with Gasteiger partial charge in [-0.3, -0.25) is 0 Å². The van der Waals surface area contributed by atoms with Gasteiger partial charge in [0.25, 0.3) is 6.16 Å². The fraction of sp³-hybridized carbons (Fsp3) is 0.533. The summed E-state index contributed by atoms with van der Waals surface area (Å²) in [7, 11) is 0. The summed E-state index contributed by atoms with van der Waals surface area (Å²) in [6.07, 6.45) is 1.49. The highest BCUT2D eigenvalue weighted by Crippen LogP contribution is 2.06. The van der Waals surface area contributed by atoms with E-state index in [1.165, 1.54) is 4.57 Å². The Balaban J connectivity index is 0.000000433. The molecular formula is C15H23NO5. The molecule has 6 nitrogen and oxygen atoms in total. The van der Waals surface area contributed by atoms with Gasteiger partial charge in [0.1, 0.15) is 5.60 Å². The highest BCUT2D eigenvalue weighted by molar-refractivity contribution is 5.57. The van der Waals surface area contributed by atoms with E-state index in [-0.39, 0.29) is 6.09 Å². The smallest absolute Gasteiger partial charge is 0.544 e. The van der Waals surface area contributed by atoms with Gasteiger partial charge in [-0.25, -0.2) is 0 Å². The van der Waals surface area contributed by atoms with Gasteiger partial charge in [-0.2, -0.15) is 4.79 Å². The fourth-order valence-electron chi connectivity index (χ4n) is 1.09. The van der Waals surface area contributed by atoms with Crippen molar-refractivity contribution in [3.8, 4) is 0 Å². The minimum Gasteiger partial charge on any atom is -0.544 e. The Morgan fingerprint density at radius 3 is 1.57 bits per heavy atom. The van der Waals surface area contributed by atoms with E-state index in [9.17, 15) is 14.7 Å². The van der Waals surface area contributed by atoms with Gasteiger partial charge in [-0.15, -0.1) is 0 Å². The molecule has 118 valence electrons. The van der Waals surface area contributed by atoms with E-state index in [1.807, 2.05) is 26.8 Å². The molecule has 0 atom stereocenters. The van der Waals surface area contributed by atoms with E-state index in [1.54, 1.807) is 45.3 Å². The molecule has 1 aromatic heterocycles. The second kappa shape index (κ2) is 7.61. The number of nitrogens with zero attached hydrogens (tertiary/aromatic N) is 1. The summed E-state index contributed by atoms with van der Waals surface area (Å²) >= 11 is 0. The highest BCUT2D eigenvalue weighted by atomic mass is 16.7. The van der Waals surface area contributed by atoms with Gasteiger partial charge >= 0.3 is 6.09 Å². The van der Waals surface area contributed by atoms with Crippen LogP contribution in [0, 0.1) is 0 Å². The van der Waals surface area contributed by atoms with Gasteiger partial charge < -0.3 is 19.4 Å². The lowest BCUT2D eigenvalue weighted by Crippen LogP contribution is -2.45. The molecule has 6 heteroatoms. The van der Waals surface area contributed by atoms with Crippen molar-refractivity contribution in [3.63, 3.8) is 0 Å². The van der Waals surface area contributed by atoms with E-state index in [4.69, 9.17) is 4.74 Å². The Morgan fingerprint density at radius 1 is 0.857 bits per heavy atom. The lowest BCUT2D eigenvalue weighted by atomic mass is 10.2. The maximum Gasteiger partial charge on any atom is 0.602 e. The first-order chi connectivity index (χ1) is 9.41. The van der Waals surface area contributed by atoms with Crippen molar-refractivity contribution < 1.29 is 28.7 Å². The molecule has 0 aliphatic rings. The van der Waals surface area contributed by atoms with Crippen LogP contribution in [0.25, 0.3) is 0 Å². The molecule has 0 spiro atoms. The Labute approximate surface area is 125 Å². The minimum absolute atomic E-state index is 0.354. The summed E-state index contributed by atoms with van der Waals surface area (Å²) in [6, 6.07) is 5.41. The van der Waals surface area contributed by atoms with Crippen molar-refractivity contribution in [3.05, 3.63) is 30.6 Å². The molecule has 0 saturated heterocycles. The Hall–Kier alpha value is -2.11. The number of carbonyl (C=O) groups is 2. The van der Waals surface area contributed by atoms with E-state index < -0.39 is 17.4 Å². The zero-order valence-electron chi connectivity index (χ0n) is 13.4. The van der Waals surface area contributed by atoms with Crippen LogP contribution in [0.2, 0.25) is 0 Å². The van der Waals surface area contributed by atoms with Crippen LogP contribution in [0.15, 0.2) is 30.6 Å². The van der Waals surface area contributed by atoms with E-state index in [0.717, 1.165) is 0 Å². The van der Waals surface area contributed by atoms with E-state index >= 15 is 0 Å². The van der Waals surface area contributed by atoms with Crippen molar-refractivity contribution in [1.29, 1.82) is 0 Å². The van der Waals surface area contributed by atoms with Crippen molar-refractivity contribution in [2.75, 3.05) is 0 Å². The lowest BCUT2D eigenvalue weighted by molar-refractivity contribution is -0.588. The largest absolute Gasteiger partial charge is 0.602 e. The average Bonchev–Trinajstić information content (AvgIpc) is 2.25. The zero-order valence-corrected chi connectivity index (χ0v) is 13.4. The van der Waals surface area contributed by atoms with Gasteiger partial charge in [-0.05, 0) is 41.5 Å². The van der Waals surface area contributed by atoms with Crippen LogP contribution < -0.4 is 9.67 Å². The Kier molecular flexibility index (Phi) is 6.85. The topological polar surface area (TPSA) is 79.5 Å². The third-order valence-electron chi connectivity index (χ3n) is 1.71. The van der Waals surface area contributed by atoms with Crippen molar-refractivity contribution >= 4 is 12.2 Å². The number of hydrogen-bond donors (Lipinski definition) is 0. The molecule has 0 unspecified atom stereocenters. The van der Waals surface area contributed by atoms with Gasteiger partial charge in [-0.1, -0.05) is 10.6 Å². The third-order valence-corrected chi connectivity index (χ3v) is 1.71. The molecule has 0 radical (unpaired) electrons. The quantitative estimate of drug-likeness (QED) is 0.540. The van der Waals surface area contributed by atoms with E-state index in [2.05, 4.69) is 4.74 Å². The standard InChI is InChI=1S/C10H14NO2.C5H10O3/c1-10(2,3)13-9(12)11-7-5-4-6-8-11;1-5(2,3)8-4(6)7/h4-8H,1-3H3;1-3H3,(H,6,7)/q+1;/p-1. The molecule has 1 heterocycles. The number of carbonyl (C=O) groups excluding carboxylic acids is 2. The highest BCUT2D eigenvalue weighted by Gasteiger charge is 2.23. The average molecular weight is 297 g/mol. The normalized spacial score (nSPS) is 11.0. The third kappa shape index (κ3) is 11.4. The van der Waals surface area contributed by atoms with Crippen molar-refractivity contribution in [1.82, 2.24) is 0 Å². The lowest BCUT2D eigenvalue weighted by Gasteiger charge is -2.24. The van der Waals surface area contributed by atoms with Crippen molar-refractivity contribution in [2.24, 2.45) is 0 Å². The summed E-state index contributed by atoms with van der Waals surface area (Å²) in [5.41, 5.74) is -1.08. The number of carboxylic acid groups (broad SMARTS) is 1. The first kappa shape index (κ1) is 18.9. The van der Waals surface area contributed by atoms with Crippen LogP contribution in [-0.2, 0) is 9.47 Å². The van der Waals surface area contributed by atoms with Gasteiger partial charge in [0.15, 0.2) is 12.4 Å². The summed E-state index contributed by atoms with van der Waals surface area (Å²) in [5.74, 6) is 0. The van der Waals surface area contributed by atoms with Crippen LogP contribution in [0.4, 0.5) is 9.59 Å². The molecule has 0 saturated carbocycles. The number of rotatable bonds is 0. The zero-order chi connectivity index (χ0) is 16.7. The SMILES string of the molecule is CC(C)(C)OC(=O)[O-].CC(C)(C)OC(=O)[n+]1ccccc1. The maximum atomic E-state index is 11.4. The van der Waals surface area contributed by atoms with Crippen molar-refractivity contribution in [2.45, 2.75) is 52.7 Å². The van der Waals surface area contributed by atoms with Gasteiger partial charge in [0.05, 0.1) is 0 Å². The first-order valence-corrected chi connectivity index (χ1v) is 6.50. The molecule has 0 aliphatic carbocycles. The predicted molar refractivity (Wildman–Crippen MR) is 74.5 cm³/mol. The van der Waals surface area contributed by atoms with Crippen LogP contribution >= 0.6 is 0 Å². The number of ether oxygens (including phenoxy) is 2. The summed E-state index contributed by atoms with van der Waals surface area (Å²) in [5, 5.41) is 9.68. The van der Waals surface area contributed by atoms with Gasteiger partial charge in [0, 0.05) is 17.7 Å². The molecule has 0 aliphatic heterocycles. The molecule has 0 fully saturated rings. The molecule has 0 bridgehead atoms. The molecule has 1 aromatic rings. The number of pyridine rings is 1. The Bertz CT molecular complexity index is 457. The second-order valence-corrected chi connectivity index (χ2v) is 6.23. The van der Waals surface area contributed by atoms with Crippen LogP contribution in [-0.4, -0.2) is 23.5 Å². The molecule has 0 N–H and O–H groups in total. The van der Waals surface area contributed by atoms with E-state index in [0.29, 0.717) is 0 Å². The monoisotopic (exact) mass is 297 g/mol. The van der Waals surface area contributed by atoms with Gasteiger partial charge in [0.2, 0.25) is 0 Å². The number of hydrogen-bond acceptors (Lipinski definition) is 5. The van der Waals surface area contributed by atoms with Crippen LogP contribution in [0.1, 0.15) is 41.5 Å². The Morgan fingerprint density at radius 2 is 1.29 bits per heavy atom. The van der Waals surface area contributed by atoms with Crippen LogP contribution in [0.5, 0.6) is 0 Å².